The van der Waals surface area contributed by atoms with E-state index in [1.807, 2.05) is 16.8 Å². The number of hydrogen-bond donors (Lipinski definition) is 1. The third-order valence-electron chi connectivity index (χ3n) is 2.92. The summed E-state index contributed by atoms with van der Waals surface area (Å²) in [6, 6.07) is 4.37. The van der Waals surface area contributed by atoms with Crippen molar-refractivity contribution in [2.45, 2.75) is 18.0 Å². The molecule has 114 valence electrons. The molecule has 21 heavy (non-hydrogen) atoms. The first-order valence-corrected chi connectivity index (χ1v) is 9.10. The molecule has 0 aliphatic carbocycles. The average Bonchev–Trinajstić information content (AvgIpc) is 2.93. The van der Waals surface area contributed by atoms with Gasteiger partial charge >= 0.3 is 0 Å². The molecule has 1 aromatic carbocycles. The van der Waals surface area contributed by atoms with E-state index in [1.54, 1.807) is 0 Å². The van der Waals surface area contributed by atoms with E-state index in [2.05, 4.69) is 15.9 Å². The molecule has 0 unspecified atom stereocenters. The summed E-state index contributed by atoms with van der Waals surface area (Å²) in [5, 5.41) is 12.8. The lowest BCUT2D eigenvalue weighted by molar-refractivity contribution is 0.274. The van der Waals surface area contributed by atoms with Crippen LogP contribution in [0, 0.1) is 5.82 Å². The predicted molar refractivity (Wildman–Crippen MR) is 83.0 cm³/mol. The Morgan fingerprint density at radius 2 is 2.14 bits per heavy atom. The lowest BCUT2D eigenvalue weighted by Crippen LogP contribution is -2.27. The minimum atomic E-state index is -3.98. The molecule has 0 aliphatic heterocycles. The van der Waals surface area contributed by atoms with Crippen LogP contribution < -0.4 is 0 Å². The van der Waals surface area contributed by atoms with Crippen LogP contribution in [0.2, 0.25) is 0 Å². The fourth-order valence-electron chi connectivity index (χ4n) is 1.81. The van der Waals surface area contributed by atoms with Gasteiger partial charge in [0.2, 0.25) is 10.0 Å². The van der Waals surface area contributed by atoms with Gasteiger partial charge in [0.15, 0.2) is 0 Å². The van der Waals surface area contributed by atoms with Gasteiger partial charge in [-0.05, 0) is 34.5 Å². The molecular weight excluding hydrogens is 381 g/mol. The zero-order valence-electron chi connectivity index (χ0n) is 11.1. The van der Waals surface area contributed by atoms with Crippen LogP contribution in [0.25, 0.3) is 0 Å². The third-order valence-corrected chi connectivity index (χ3v) is 5.92. The normalized spacial score (nSPS) is 12.0. The van der Waals surface area contributed by atoms with Crippen molar-refractivity contribution in [2.24, 2.45) is 0 Å². The van der Waals surface area contributed by atoms with Crippen molar-refractivity contribution in [3.05, 3.63) is 50.4 Å². The molecule has 1 aromatic heterocycles. The number of nitrogens with zero attached hydrogens (tertiary/aromatic N) is 1. The number of sulfonamides is 1. The molecule has 1 N–H and O–H groups in total. The van der Waals surface area contributed by atoms with Gasteiger partial charge in [0.1, 0.15) is 10.7 Å². The van der Waals surface area contributed by atoms with Crippen molar-refractivity contribution in [2.75, 3.05) is 7.05 Å². The SMILES string of the molecule is CN(Cc1ccsc1)S(=O)(=O)c1cc(Br)cc(CO)c1F. The summed E-state index contributed by atoms with van der Waals surface area (Å²) in [7, 11) is -2.58. The fraction of sp³-hybridized carbons (Fsp3) is 0.231. The molecule has 0 aliphatic rings. The molecule has 8 heteroatoms. The standard InChI is InChI=1S/C13H13BrFNO3S2/c1-16(6-9-2-3-20-8-9)21(18,19)12-5-11(14)4-10(7-17)13(12)15/h2-5,8,17H,6-7H2,1H3. The first-order valence-electron chi connectivity index (χ1n) is 5.92. The molecule has 2 aromatic rings. The quantitative estimate of drug-likeness (QED) is 0.849. The maximum Gasteiger partial charge on any atom is 0.246 e. The van der Waals surface area contributed by atoms with Crippen molar-refractivity contribution in [1.29, 1.82) is 0 Å². The van der Waals surface area contributed by atoms with Crippen LogP contribution in [-0.2, 0) is 23.2 Å². The van der Waals surface area contributed by atoms with Crippen LogP contribution in [0.4, 0.5) is 4.39 Å². The molecule has 0 atom stereocenters. The first kappa shape index (κ1) is 16.6. The molecule has 2 rings (SSSR count). The summed E-state index contributed by atoms with van der Waals surface area (Å²) >= 11 is 4.59. The van der Waals surface area contributed by atoms with Crippen molar-refractivity contribution in [3.8, 4) is 0 Å². The van der Waals surface area contributed by atoms with Crippen LogP contribution in [0.5, 0.6) is 0 Å². The van der Waals surface area contributed by atoms with Crippen LogP contribution in [0.15, 0.2) is 38.3 Å². The largest absolute Gasteiger partial charge is 0.392 e. The second-order valence-corrected chi connectivity index (χ2v) is 8.14. The van der Waals surface area contributed by atoms with Crippen LogP contribution in [0.1, 0.15) is 11.1 Å². The fourth-order valence-corrected chi connectivity index (χ4v) is 4.42. The Bertz CT molecular complexity index is 732. The van der Waals surface area contributed by atoms with Gasteiger partial charge in [-0.3, -0.25) is 0 Å². The summed E-state index contributed by atoms with van der Waals surface area (Å²) in [4.78, 5) is -0.446. The molecule has 0 amide bonds. The lowest BCUT2D eigenvalue weighted by atomic mass is 10.2. The van der Waals surface area contributed by atoms with Gasteiger partial charge in [0, 0.05) is 23.6 Å². The minimum Gasteiger partial charge on any atom is -0.392 e. The Labute approximate surface area is 135 Å². The van der Waals surface area contributed by atoms with Crippen LogP contribution in [0.3, 0.4) is 0 Å². The van der Waals surface area contributed by atoms with Crippen LogP contribution in [-0.4, -0.2) is 24.9 Å². The lowest BCUT2D eigenvalue weighted by Gasteiger charge is -2.18. The van der Waals surface area contributed by atoms with E-state index in [4.69, 9.17) is 5.11 Å². The monoisotopic (exact) mass is 393 g/mol. The molecule has 0 saturated heterocycles. The van der Waals surface area contributed by atoms with Gasteiger partial charge in [0.25, 0.3) is 0 Å². The van der Waals surface area contributed by atoms with Gasteiger partial charge in [-0.2, -0.15) is 15.6 Å². The summed E-state index contributed by atoms with van der Waals surface area (Å²) in [5.41, 5.74) is 0.774. The maximum absolute atomic E-state index is 14.2. The molecule has 0 bridgehead atoms. The molecule has 1 heterocycles. The zero-order valence-corrected chi connectivity index (χ0v) is 14.3. The minimum absolute atomic E-state index is 0.0631. The highest BCUT2D eigenvalue weighted by Crippen LogP contribution is 2.27. The van der Waals surface area contributed by atoms with E-state index < -0.39 is 27.3 Å². The summed E-state index contributed by atoms with van der Waals surface area (Å²) in [6.07, 6.45) is 0. The van der Waals surface area contributed by atoms with Crippen LogP contribution >= 0.6 is 27.3 Å². The van der Waals surface area contributed by atoms with Gasteiger partial charge in [0.05, 0.1) is 6.61 Å². The second-order valence-electron chi connectivity index (χ2n) is 4.43. The topological polar surface area (TPSA) is 57.6 Å². The maximum atomic E-state index is 14.2. The Hall–Kier alpha value is -0.800. The Morgan fingerprint density at radius 3 is 2.71 bits per heavy atom. The molecule has 0 spiro atoms. The van der Waals surface area contributed by atoms with E-state index >= 15 is 0 Å². The number of aliphatic hydroxyl groups is 1. The molecule has 0 fully saturated rings. The highest BCUT2D eigenvalue weighted by Gasteiger charge is 2.26. The highest BCUT2D eigenvalue weighted by atomic mass is 79.9. The van der Waals surface area contributed by atoms with E-state index in [-0.39, 0.29) is 12.1 Å². The van der Waals surface area contributed by atoms with Gasteiger partial charge in [-0.25, -0.2) is 12.8 Å². The Morgan fingerprint density at radius 1 is 1.43 bits per heavy atom. The number of hydrogen-bond acceptors (Lipinski definition) is 4. The number of benzene rings is 1. The van der Waals surface area contributed by atoms with Crippen molar-refractivity contribution in [3.63, 3.8) is 0 Å². The number of aliphatic hydroxyl groups excluding tert-OH is 1. The Balaban J connectivity index is 2.41. The average molecular weight is 394 g/mol. The zero-order chi connectivity index (χ0) is 15.6. The van der Waals surface area contributed by atoms with Crippen molar-refractivity contribution >= 4 is 37.3 Å². The van der Waals surface area contributed by atoms with Gasteiger partial charge in [-0.1, -0.05) is 15.9 Å². The third kappa shape index (κ3) is 3.51. The van der Waals surface area contributed by atoms with E-state index in [0.29, 0.717) is 4.47 Å². The smallest absolute Gasteiger partial charge is 0.246 e. The molecule has 0 radical (unpaired) electrons. The molecule has 4 nitrogen and oxygen atoms in total. The van der Waals surface area contributed by atoms with Gasteiger partial charge < -0.3 is 5.11 Å². The van der Waals surface area contributed by atoms with E-state index in [0.717, 1.165) is 9.87 Å². The predicted octanol–water partition coefficient (Wildman–Crippen LogP) is 2.96. The van der Waals surface area contributed by atoms with Crippen molar-refractivity contribution < 1.29 is 17.9 Å². The summed E-state index contributed by atoms with van der Waals surface area (Å²) < 4.78 is 40.7. The molecule has 0 saturated carbocycles. The number of rotatable bonds is 5. The second kappa shape index (κ2) is 6.53. The number of halogens is 2. The highest BCUT2D eigenvalue weighted by molar-refractivity contribution is 9.10. The number of thiophene rings is 1. The molecular formula is C13H13BrFNO3S2. The van der Waals surface area contributed by atoms with Crippen molar-refractivity contribution in [1.82, 2.24) is 4.31 Å². The van der Waals surface area contributed by atoms with E-state index in [1.165, 1.54) is 30.5 Å². The first-order chi connectivity index (χ1) is 9.86. The summed E-state index contributed by atoms with van der Waals surface area (Å²) in [6.45, 7) is -0.408. The van der Waals surface area contributed by atoms with Gasteiger partial charge in [-0.15, -0.1) is 0 Å². The Kier molecular flexibility index (Phi) is 5.15. The van der Waals surface area contributed by atoms with E-state index in [9.17, 15) is 12.8 Å². The summed E-state index contributed by atoms with van der Waals surface area (Å²) in [5.74, 6) is -0.919.